The van der Waals surface area contributed by atoms with Crippen LogP contribution in [0.25, 0.3) is 0 Å². The monoisotopic (exact) mass is 331 g/mol. The fourth-order valence-corrected chi connectivity index (χ4v) is 2.70. The molecule has 5 nitrogen and oxygen atoms in total. The fourth-order valence-electron chi connectivity index (χ4n) is 2.70. The maximum atomic E-state index is 12.3. The lowest BCUT2D eigenvalue weighted by Crippen LogP contribution is -2.44. The van der Waals surface area contributed by atoms with Crippen LogP contribution in [0.2, 0.25) is 0 Å². The van der Waals surface area contributed by atoms with E-state index >= 15 is 0 Å². The number of carbonyl (C=O) groups excluding carboxylic acids is 1. The molecule has 1 aliphatic rings. The molecule has 0 aromatic heterocycles. The third-order valence-corrected chi connectivity index (χ3v) is 4.29. The van der Waals surface area contributed by atoms with Crippen molar-refractivity contribution in [1.82, 2.24) is 5.32 Å². The Balaban J connectivity index is 1.89. The van der Waals surface area contributed by atoms with Crippen molar-refractivity contribution in [2.75, 3.05) is 13.2 Å². The number of carboxylic acids is 1. The van der Waals surface area contributed by atoms with Gasteiger partial charge in [-0.05, 0) is 29.4 Å². The van der Waals surface area contributed by atoms with Crippen LogP contribution in [0.3, 0.4) is 0 Å². The van der Waals surface area contributed by atoms with Crippen LogP contribution in [0, 0.1) is 5.92 Å². The molecule has 5 heteroatoms. The molecule has 0 aliphatic heterocycles. The molecule has 3 unspecified atom stereocenters. The Labute approximate surface area is 142 Å². The number of carbonyl (C=O) groups is 2. The van der Waals surface area contributed by atoms with Crippen LogP contribution >= 0.6 is 0 Å². The van der Waals surface area contributed by atoms with Crippen molar-refractivity contribution in [3.05, 3.63) is 48.0 Å². The lowest BCUT2D eigenvalue weighted by atomic mass is 10.00. The van der Waals surface area contributed by atoms with Gasteiger partial charge in [0.1, 0.15) is 0 Å². The molecule has 0 radical (unpaired) electrons. The Morgan fingerprint density at radius 1 is 1.38 bits per heavy atom. The zero-order valence-corrected chi connectivity index (χ0v) is 14.2. The van der Waals surface area contributed by atoms with Crippen LogP contribution in [0.1, 0.15) is 43.2 Å². The molecule has 130 valence electrons. The first-order valence-electron chi connectivity index (χ1n) is 8.25. The molecule has 1 aromatic rings. The third-order valence-electron chi connectivity index (χ3n) is 4.29. The summed E-state index contributed by atoms with van der Waals surface area (Å²) < 4.78 is 5.14. The first-order valence-corrected chi connectivity index (χ1v) is 8.25. The molecule has 1 saturated carbocycles. The van der Waals surface area contributed by atoms with Crippen LogP contribution in [0.4, 0.5) is 0 Å². The van der Waals surface area contributed by atoms with Crippen molar-refractivity contribution in [3.8, 4) is 0 Å². The van der Waals surface area contributed by atoms with Crippen molar-refractivity contribution < 1.29 is 19.4 Å². The Bertz CT molecular complexity index is 594. The second-order valence-corrected chi connectivity index (χ2v) is 6.50. The largest absolute Gasteiger partial charge is 0.480 e. The highest BCUT2D eigenvalue weighted by Gasteiger charge is 2.44. The van der Waals surface area contributed by atoms with Crippen molar-refractivity contribution in [3.63, 3.8) is 0 Å². The highest BCUT2D eigenvalue weighted by atomic mass is 16.5. The van der Waals surface area contributed by atoms with Gasteiger partial charge in [-0.1, -0.05) is 44.2 Å². The van der Waals surface area contributed by atoms with Crippen LogP contribution in [-0.4, -0.2) is 36.2 Å². The summed E-state index contributed by atoms with van der Waals surface area (Å²) in [7, 11) is 0. The van der Waals surface area contributed by atoms with E-state index in [1.165, 1.54) is 5.56 Å². The molecular formula is C19H25NO4. The number of amides is 1. The predicted octanol–water partition coefficient (Wildman–Crippen LogP) is 2.69. The van der Waals surface area contributed by atoms with E-state index in [9.17, 15) is 9.59 Å². The van der Waals surface area contributed by atoms with Gasteiger partial charge >= 0.3 is 5.97 Å². The SMILES string of the molecule is C=CCOCC(NC(=O)C1CC1c1ccc(C(C)C)cc1)C(=O)O. The highest BCUT2D eigenvalue weighted by Crippen LogP contribution is 2.47. The van der Waals surface area contributed by atoms with Crippen LogP contribution in [0.15, 0.2) is 36.9 Å². The zero-order chi connectivity index (χ0) is 17.7. The molecule has 1 aromatic carbocycles. The molecular weight excluding hydrogens is 306 g/mol. The molecule has 0 saturated heterocycles. The van der Waals surface area contributed by atoms with E-state index in [1.54, 1.807) is 6.08 Å². The van der Waals surface area contributed by atoms with Gasteiger partial charge in [-0.2, -0.15) is 0 Å². The van der Waals surface area contributed by atoms with Crippen molar-refractivity contribution in [1.29, 1.82) is 0 Å². The summed E-state index contributed by atoms with van der Waals surface area (Å²) in [6.07, 6.45) is 2.30. The van der Waals surface area contributed by atoms with E-state index in [2.05, 4.69) is 50.0 Å². The van der Waals surface area contributed by atoms with Crippen molar-refractivity contribution >= 4 is 11.9 Å². The number of hydrogen-bond acceptors (Lipinski definition) is 3. The Kier molecular flexibility index (Phi) is 6.15. The number of nitrogens with one attached hydrogen (secondary N) is 1. The second kappa shape index (κ2) is 8.11. The summed E-state index contributed by atoms with van der Waals surface area (Å²) in [5.74, 6) is -0.816. The minimum Gasteiger partial charge on any atom is -0.480 e. The molecule has 2 rings (SSSR count). The standard InChI is InChI=1S/C19H25NO4/c1-4-9-24-11-17(19(22)23)20-18(21)16-10-15(16)14-7-5-13(6-8-14)12(2)3/h4-8,12,15-17H,1,9-11H2,2-3H3,(H,20,21)(H,22,23). The van der Waals surface area contributed by atoms with Gasteiger partial charge in [0.25, 0.3) is 0 Å². The van der Waals surface area contributed by atoms with Gasteiger partial charge in [0.15, 0.2) is 6.04 Å². The maximum absolute atomic E-state index is 12.3. The molecule has 3 atom stereocenters. The quantitative estimate of drug-likeness (QED) is 0.539. The lowest BCUT2D eigenvalue weighted by molar-refractivity contribution is -0.143. The van der Waals surface area contributed by atoms with E-state index < -0.39 is 12.0 Å². The summed E-state index contributed by atoms with van der Waals surface area (Å²) in [5, 5.41) is 11.7. The molecule has 0 spiro atoms. The summed E-state index contributed by atoms with van der Waals surface area (Å²) in [6.45, 7) is 7.98. The molecule has 1 aliphatic carbocycles. The van der Waals surface area contributed by atoms with Gasteiger partial charge < -0.3 is 15.2 Å². The molecule has 0 heterocycles. The maximum Gasteiger partial charge on any atom is 0.328 e. The van der Waals surface area contributed by atoms with Gasteiger partial charge in [-0.15, -0.1) is 6.58 Å². The Morgan fingerprint density at radius 2 is 2.04 bits per heavy atom. The number of benzene rings is 1. The first kappa shape index (κ1) is 18.2. The summed E-state index contributed by atoms with van der Waals surface area (Å²) in [4.78, 5) is 23.5. The van der Waals surface area contributed by atoms with Crippen LogP contribution in [-0.2, 0) is 14.3 Å². The number of hydrogen-bond donors (Lipinski definition) is 2. The van der Waals surface area contributed by atoms with Gasteiger partial charge in [0.2, 0.25) is 5.91 Å². The number of rotatable bonds is 9. The van der Waals surface area contributed by atoms with Gasteiger partial charge in [0.05, 0.1) is 13.2 Å². The zero-order valence-electron chi connectivity index (χ0n) is 14.2. The molecule has 24 heavy (non-hydrogen) atoms. The lowest BCUT2D eigenvalue weighted by Gasteiger charge is -2.14. The Hall–Kier alpha value is -2.14. The smallest absolute Gasteiger partial charge is 0.328 e. The van der Waals surface area contributed by atoms with E-state index in [-0.39, 0.29) is 31.0 Å². The fraction of sp³-hybridized carbons (Fsp3) is 0.474. The average molecular weight is 331 g/mol. The van der Waals surface area contributed by atoms with Gasteiger partial charge in [-0.3, -0.25) is 4.79 Å². The minimum atomic E-state index is -1.09. The summed E-state index contributed by atoms with van der Waals surface area (Å²) in [5.41, 5.74) is 2.40. The summed E-state index contributed by atoms with van der Waals surface area (Å²) >= 11 is 0. The van der Waals surface area contributed by atoms with E-state index in [0.717, 1.165) is 12.0 Å². The summed E-state index contributed by atoms with van der Waals surface area (Å²) in [6, 6.07) is 7.29. The van der Waals surface area contributed by atoms with Crippen molar-refractivity contribution in [2.45, 2.75) is 38.1 Å². The Morgan fingerprint density at radius 3 is 2.58 bits per heavy atom. The predicted molar refractivity (Wildman–Crippen MR) is 92.0 cm³/mol. The normalized spacial score (nSPS) is 20.5. The minimum absolute atomic E-state index is 0.0619. The molecule has 0 bridgehead atoms. The number of carboxylic acid groups (broad SMARTS) is 1. The average Bonchev–Trinajstić information content (AvgIpc) is 3.34. The topological polar surface area (TPSA) is 75.6 Å². The highest BCUT2D eigenvalue weighted by molar-refractivity contribution is 5.87. The van der Waals surface area contributed by atoms with Gasteiger partial charge in [-0.25, -0.2) is 4.79 Å². The van der Waals surface area contributed by atoms with E-state index in [1.807, 2.05) is 0 Å². The first-order chi connectivity index (χ1) is 11.4. The van der Waals surface area contributed by atoms with E-state index in [4.69, 9.17) is 9.84 Å². The molecule has 1 amide bonds. The van der Waals surface area contributed by atoms with Crippen LogP contribution < -0.4 is 5.32 Å². The van der Waals surface area contributed by atoms with Crippen molar-refractivity contribution in [2.24, 2.45) is 5.92 Å². The third kappa shape index (κ3) is 4.68. The number of aliphatic carboxylic acids is 1. The number of ether oxygens (including phenoxy) is 1. The van der Waals surface area contributed by atoms with E-state index in [0.29, 0.717) is 5.92 Å². The second-order valence-electron chi connectivity index (χ2n) is 6.50. The molecule has 1 fully saturated rings. The van der Waals surface area contributed by atoms with Gasteiger partial charge in [0, 0.05) is 5.92 Å². The molecule has 2 N–H and O–H groups in total. The van der Waals surface area contributed by atoms with Crippen LogP contribution in [0.5, 0.6) is 0 Å².